The number of anilines is 1. The number of benzene rings is 2. The van der Waals surface area contributed by atoms with Crippen molar-refractivity contribution in [3.8, 4) is 0 Å². The zero-order chi connectivity index (χ0) is 23.4. The molecule has 0 aromatic heterocycles. The van der Waals surface area contributed by atoms with E-state index in [-0.39, 0.29) is 12.5 Å². The molecule has 6 nitrogen and oxygen atoms in total. The van der Waals surface area contributed by atoms with Crippen LogP contribution >= 0.6 is 23.2 Å². The minimum atomic E-state index is -0.668. The molecule has 0 spiro atoms. The van der Waals surface area contributed by atoms with Gasteiger partial charge in [0.2, 0.25) is 5.91 Å². The maximum atomic E-state index is 12.9. The topological polar surface area (TPSA) is 69.7 Å². The second kappa shape index (κ2) is 10.4. The Labute approximate surface area is 198 Å². The Morgan fingerprint density at radius 2 is 1.81 bits per heavy atom. The number of aryl methyl sites for hydroxylation is 1. The molecule has 0 unspecified atom stereocenters. The zero-order valence-electron chi connectivity index (χ0n) is 18.4. The van der Waals surface area contributed by atoms with E-state index in [1.807, 2.05) is 25.1 Å². The van der Waals surface area contributed by atoms with Crippen molar-refractivity contribution in [3.63, 3.8) is 0 Å². The first-order valence-corrected chi connectivity index (χ1v) is 11.4. The average Bonchev–Trinajstić information content (AvgIpc) is 2.95. The first-order valence-electron chi connectivity index (χ1n) is 10.7. The van der Waals surface area contributed by atoms with Gasteiger partial charge in [-0.05, 0) is 50.1 Å². The van der Waals surface area contributed by atoms with Crippen LogP contribution in [-0.2, 0) is 9.59 Å². The van der Waals surface area contributed by atoms with Crippen molar-refractivity contribution < 1.29 is 14.4 Å². The summed E-state index contributed by atoms with van der Waals surface area (Å²) in [5, 5.41) is 3.96. The summed E-state index contributed by atoms with van der Waals surface area (Å²) in [4.78, 5) is 40.7. The Kier molecular flexibility index (Phi) is 7.80. The summed E-state index contributed by atoms with van der Waals surface area (Å²) in [7, 11) is 0. The molecule has 2 aromatic rings. The lowest BCUT2D eigenvalue weighted by molar-refractivity contribution is -0.131. The van der Waals surface area contributed by atoms with Crippen molar-refractivity contribution in [1.29, 1.82) is 0 Å². The minimum absolute atomic E-state index is 0.00155. The third-order valence-corrected chi connectivity index (χ3v) is 6.21. The van der Waals surface area contributed by atoms with Gasteiger partial charge in [0.25, 0.3) is 5.91 Å². The third kappa shape index (κ3) is 5.25. The summed E-state index contributed by atoms with van der Waals surface area (Å²) in [5.74, 6) is -0.783. The molecule has 2 aromatic carbocycles. The molecule has 1 heterocycles. The lowest BCUT2D eigenvalue weighted by atomic mass is 9.94. The molecule has 1 fully saturated rings. The Morgan fingerprint density at radius 3 is 2.44 bits per heavy atom. The number of nitrogens with one attached hydrogen (secondary N) is 1. The van der Waals surface area contributed by atoms with E-state index in [0.29, 0.717) is 22.3 Å². The predicted molar refractivity (Wildman–Crippen MR) is 127 cm³/mol. The summed E-state index contributed by atoms with van der Waals surface area (Å²) in [6.45, 7) is 5.70. The highest BCUT2D eigenvalue weighted by molar-refractivity contribution is 6.35. The molecule has 170 valence electrons. The monoisotopic (exact) mass is 475 g/mol. The second-order valence-electron chi connectivity index (χ2n) is 8.04. The van der Waals surface area contributed by atoms with E-state index < -0.39 is 23.9 Å². The van der Waals surface area contributed by atoms with E-state index in [4.69, 9.17) is 23.2 Å². The van der Waals surface area contributed by atoms with Gasteiger partial charge < -0.3 is 5.32 Å². The van der Waals surface area contributed by atoms with Crippen LogP contribution in [0.25, 0.3) is 0 Å². The van der Waals surface area contributed by atoms with Gasteiger partial charge in [0, 0.05) is 28.2 Å². The lowest BCUT2D eigenvalue weighted by Gasteiger charge is -2.21. The fourth-order valence-corrected chi connectivity index (χ4v) is 4.46. The van der Waals surface area contributed by atoms with Crippen LogP contribution in [0.15, 0.2) is 42.5 Å². The van der Waals surface area contributed by atoms with E-state index >= 15 is 0 Å². The average molecular weight is 476 g/mol. The number of hydrogen-bond acceptors (Lipinski definition) is 3. The lowest BCUT2D eigenvalue weighted by Crippen LogP contribution is -2.42. The molecule has 1 aliphatic rings. The summed E-state index contributed by atoms with van der Waals surface area (Å²) in [6, 6.07) is 11.5. The van der Waals surface area contributed by atoms with Crippen molar-refractivity contribution in [2.45, 2.75) is 45.6 Å². The molecule has 1 aliphatic heterocycles. The molecule has 1 N–H and O–H groups in total. The van der Waals surface area contributed by atoms with Crippen LogP contribution in [0.4, 0.5) is 10.5 Å². The van der Waals surface area contributed by atoms with Gasteiger partial charge >= 0.3 is 6.03 Å². The van der Waals surface area contributed by atoms with Crippen LogP contribution in [0.2, 0.25) is 10.0 Å². The molecule has 0 radical (unpaired) electrons. The highest BCUT2D eigenvalue weighted by Gasteiger charge is 2.44. The Balaban J connectivity index is 1.66. The van der Waals surface area contributed by atoms with E-state index in [0.717, 1.165) is 28.9 Å². The fraction of sp³-hybridized carbons (Fsp3) is 0.375. The normalized spacial score (nSPS) is 17.1. The van der Waals surface area contributed by atoms with Gasteiger partial charge in [0.05, 0.1) is 0 Å². The van der Waals surface area contributed by atoms with Crippen LogP contribution < -0.4 is 10.2 Å². The maximum absolute atomic E-state index is 12.9. The number of amides is 4. The molecule has 0 saturated carbocycles. The number of carbonyl (C=O) groups is 3. The molecule has 3 rings (SSSR count). The molecule has 2 atom stereocenters. The summed E-state index contributed by atoms with van der Waals surface area (Å²) in [5.41, 5.74) is 2.59. The van der Waals surface area contributed by atoms with Crippen molar-refractivity contribution in [2.24, 2.45) is 0 Å². The molecule has 4 amide bonds. The second-order valence-corrected chi connectivity index (χ2v) is 8.89. The number of urea groups is 1. The Bertz CT molecular complexity index is 1010. The number of halogens is 2. The van der Waals surface area contributed by atoms with Crippen LogP contribution in [0.1, 0.15) is 43.7 Å². The number of imide groups is 1. The Hall–Kier alpha value is -2.57. The van der Waals surface area contributed by atoms with Gasteiger partial charge in [-0.15, -0.1) is 0 Å². The predicted octanol–water partition coefficient (Wildman–Crippen LogP) is 5.16. The van der Waals surface area contributed by atoms with Gasteiger partial charge in [0.15, 0.2) is 0 Å². The number of rotatable bonds is 8. The van der Waals surface area contributed by atoms with E-state index in [1.54, 1.807) is 31.2 Å². The zero-order valence-corrected chi connectivity index (χ0v) is 19.9. The largest absolute Gasteiger partial charge is 0.354 e. The van der Waals surface area contributed by atoms with Gasteiger partial charge in [-0.1, -0.05) is 60.3 Å². The summed E-state index contributed by atoms with van der Waals surface area (Å²) >= 11 is 12.3. The first kappa shape index (κ1) is 24.1. The molecule has 0 bridgehead atoms. The quantitative estimate of drug-likeness (QED) is 0.536. The molecular formula is C24H27Cl2N3O3. The fourth-order valence-electron chi connectivity index (χ4n) is 3.90. The van der Waals surface area contributed by atoms with Crippen molar-refractivity contribution in [3.05, 3.63) is 63.6 Å². The van der Waals surface area contributed by atoms with Gasteiger partial charge in [-0.25, -0.2) is 4.79 Å². The minimum Gasteiger partial charge on any atom is -0.354 e. The van der Waals surface area contributed by atoms with E-state index in [2.05, 4.69) is 12.2 Å². The van der Waals surface area contributed by atoms with Gasteiger partial charge in [-0.3, -0.25) is 19.4 Å². The Morgan fingerprint density at radius 1 is 1.12 bits per heavy atom. The summed E-state index contributed by atoms with van der Waals surface area (Å²) < 4.78 is 0. The standard InChI is InChI=1S/C24H27Cl2N3O3/c1-4-5-17(20-11-8-18(25)12-21(20)26)13-27-22(30)14-28-23(31)16(3)29(24(28)32)19-9-6-15(2)7-10-19/h6-12,16-17H,4-5,13-14H2,1-3H3,(H,27,30)/t16-,17+/m1/s1. The van der Waals surface area contributed by atoms with E-state index in [1.165, 1.54) is 4.90 Å². The van der Waals surface area contributed by atoms with E-state index in [9.17, 15) is 14.4 Å². The van der Waals surface area contributed by atoms with Crippen LogP contribution in [0.5, 0.6) is 0 Å². The van der Waals surface area contributed by atoms with Gasteiger partial charge in [-0.2, -0.15) is 0 Å². The SMILES string of the molecule is CCC[C@@H](CNC(=O)CN1C(=O)[C@@H](C)N(c2ccc(C)cc2)C1=O)c1ccc(Cl)cc1Cl. The van der Waals surface area contributed by atoms with Crippen molar-refractivity contribution in [1.82, 2.24) is 10.2 Å². The first-order chi connectivity index (χ1) is 15.2. The van der Waals surface area contributed by atoms with Crippen molar-refractivity contribution >= 4 is 46.7 Å². The highest BCUT2D eigenvalue weighted by Crippen LogP contribution is 2.30. The maximum Gasteiger partial charge on any atom is 0.332 e. The molecule has 32 heavy (non-hydrogen) atoms. The van der Waals surface area contributed by atoms with Crippen LogP contribution in [0.3, 0.4) is 0 Å². The highest BCUT2D eigenvalue weighted by atomic mass is 35.5. The molecule has 8 heteroatoms. The third-order valence-electron chi connectivity index (χ3n) is 5.65. The molecule has 1 saturated heterocycles. The summed E-state index contributed by atoms with van der Waals surface area (Å²) in [6.07, 6.45) is 1.73. The molecular weight excluding hydrogens is 449 g/mol. The van der Waals surface area contributed by atoms with Crippen LogP contribution in [-0.4, -0.2) is 41.9 Å². The molecule has 0 aliphatic carbocycles. The number of carbonyl (C=O) groups excluding carboxylic acids is 3. The van der Waals surface area contributed by atoms with Crippen molar-refractivity contribution in [2.75, 3.05) is 18.0 Å². The number of hydrogen-bond donors (Lipinski definition) is 1. The smallest absolute Gasteiger partial charge is 0.332 e. The van der Waals surface area contributed by atoms with Gasteiger partial charge in [0.1, 0.15) is 12.6 Å². The van der Waals surface area contributed by atoms with Crippen LogP contribution in [0, 0.1) is 6.92 Å². The number of nitrogens with zero attached hydrogens (tertiary/aromatic N) is 2.